The summed E-state index contributed by atoms with van der Waals surface area (Å²) in [5.74, 6) is 0. The Morgan fingerprint density at radius 2 is 1.78 bits per heavy atom. The Balaban J connectivity index is 2.88. The van der Waals surface area contributed by atoms with E-state index in [-0.39, 0.29) is 0 Å². The molecule has 0 bridgehead atoms. The molecule has 0 amide bonds. The van der Waals surface area contributed by atoms with Crippen LogP contribution in [-0.2, 0) is 0 Å². The summed E-state index contributed by atoms with van der Waals surface area (Å²) < 4.78 is 3.98. The Morgan fingerprint density at radius 3 is 2.22 bits per heavy atom. The third-order valence-electron chi connectivity index (χ3n) is 0.973. The molecule has 3 heteroatoms. The number of nitrogens with one attached hydrogen (secondary N) is 1. The van der Waals surface area contributed by atoms with Crippen LogP contribution in [0.5, 0.6) is 0 Å². The highest BCUT2D eigenvalue weighted by molar-refractivity contribution is 14.1. The van der Waals surface area contributed by atoms with E-state index in [0.717, 1.165) is 5.69 Å². The summed E-state index contributed by atoms with van der Waals surface area (Å²) in [4.78, 5) is 0. The molecule has 0 unspecified atom stereocenters. The molecule has 0 spiro atoms. The maximum atomic E-state index is 3.89. The third-order valence-corrected chi connectivity index (χ3v) is 1.95. The van der Waals surface area contributed by atoms with Crippen LogP contribution in [0.15, 0.2) is 24.3 Å². The number of hydrogen-bond acceptors (Lipinski definition) is 2. The van der Waals surface area contributed by atoms with Gasteiger partial charge in [0.1, 0.15) is 0 Å². The van der Waals surface area contributed by atoms with Crippen molar-refractivity contribution >= 4 is 41.1 Å². The van der Waals surface area contributed by atoms with Crippen LogP contribution in [0.3, 0.4) is 0 Å². The van der Waals surface area contributed by atoms with Crippen molar-refractivity contribution in [1.82, 2.24) is 0 Å². The lowest BCUT2D eigenvalue weighted by Gasteiger charge is -1.95. The Bertz CT molecular complexity index is 185. The van der Waals surface area contributed by atoms with E-state index >= 15 is 0 Å². The molecule has 0 saturated heterocycles. The molecule has 48 valence electrons. The SMILES string of the molecule is SNc1ccc(I)cc1. The van der Waals surface area contributed by atoms with Crippen LogP contribution in [0.25, 0.3) is 0 Å². The Kier molecular flexibility index (Phi) is 2.65. The molecular formula is C6H6INS. The molecule has 1 aromatic carbocycles. The molecule has 0 aliphatic carbocycles. The van der Waals surface area contributed by atoms with E-state index < -0.39 is 0 Å². The molecule has 9 heavy (non-hydrogen) atoms. The highest BCUT2D eigenvalue weighted by Crippen LogP contribution is 2.10. The molecule has 0 aliphatic heterocycles. The Hall–Kier alpha value is 0.1000. The predicted octanol–water partition coefficient (Wildman–Crippen LogP) is 2.55. The molecule has 0 aromatic heterocycles. The second kappa shape index (κ2) is 3.31. The van der Waals surface area contributed by atoms with Crippen molar-refractivity contribution in [2.75, 3.05) is 4.72 Å². The van der Waals surface area contributed by atoms with E-state index in [2.05, 4.69) is 40.1 Å². The van der Waals surface area contributed by atoms with Crippen molar-refractivity contribution in [3.8, 4) is 0 Å². The fourth-order valence-corrected chi connectivity index (χ4v) is 1.03. The zero-order chi connectivity index (χ0) is 6.69. The first-order valence-corrected chi connectivity index (χ1v) is 4.01. The second-order valence-corrected chi connectivity index (χ2v) is 3.09. The van der Waals surface area contributed by atoms with Gasteiger partial charge in [0.15, 0.2) is 0 Å². The lowest BCUT2D eigenvalue weighted by atomic mass is 10.3. The molecule has 0 radical (unpaired) electrons. The zero-order valence-corrected chi connectivity index (χ0v) is 7.69. The fraction of sp³-hybridized carbons (Fsp3) is 0. The van der Waals surface area contributed by atoms with Gasteiger partial charge in [-0.2, -0.15) is 0 Å². The maximum Gasteiger partial charge on any atom is 0.0438 e. The summed E-state index contributed by atoms with van der Waals surface area (Å²) in [6.45, 7) is 0. The van der Waals surface area contributed by atoms with Crippen LogP contribution in [0.1, 0.15) is 0 Å². The molecule has 0 heterocycles. The molecule has 0 saturated carbocycles. The minimum atomic E-state index is 1.03. The molecule has 1 aromatic rings. The second-order valence-electron chi connectivity index (χ2n) is 1.62. The first-order chi connectivity index (χ1) is 4.33. The van der Waals surface area contributed by atoms with Crippen molar-refractivity contribution < 1.29 is 0 Å². The van der Waals surface area contributed by atoms with Crippen molar-refractivity contribution in [3.63, 3.8) is 0 Å². The smallest absolute Gasteiger partial charge is 0.0438 e. The Morgan fingerprint density at radius 1 is 1.22 bits per heavy atom. The van der Waals surface area contributed by atoms with Gasteiger partial charge in [0.25, 0.3) is 0 Å². The Labute approximate surface area is 73.5 Å². The highest BCUT2D eigenvalue weighted by atomic mass is 127. The van der Waals surface area contributed by atoms with Crippen LogP contribution >= 0.6 is 35.4 Å². The van der Waals surface area contributed by atoms with Gasteiger partial charge in [-0.05, 0) is 46.9 Å². The maximum absolute atomic E-state index is 3.89. The van der Waals surface area contributed by atoms with Gasteiger partial charge < -0.3 is 4.72 Å². The van der Waals surface area contributed by atoms with Crippen molar-refractivity contribution in [3.05, 3.63) is 27.8 Å². The summed E-state index contributed by atoms with van der Waals surface area (Å²) in [5, 5.41) is 0. The average molecular weight is 251 g/mol. The summed E-state index contributed by atoms with van der Waals surface area (Å²) in [6, 6.07) is 8.02. The van der Waals surface area contributed by atoms with Gasteiger partial charge in [-0.15, -0.1) is 0 Å². The fourth-order valence-electron chi connectivity index (χ4n) is 0.524. The molecule has 1 nitrogen and oxygen atoms in total. The number of anilines is 1. The highest BCUT2D eigenvalue weighted by Gasteiger charge is 1.85. The number of hydrogen-bond donors (Lipinski definition) is 2. The molecule has 0 aliphatic rings. The predicted molar refractivity (Wildman–Crippen MR) is 51.8 cm³/mol. The van der Waals surface area contributed by atoms with Gasteiger partial charge >= 0.3 is 0 Å². The number of halogens is 1. The van der Waals surface area contributed by atoms with Crippen LogP contribution < -0.4 is 4.72 Å². The van der Waals surface area contributed by atoms with E-state index in [4.69, 9.17) is 0 Å². The average Bonchev–Trinajstić information content (AvgIpc) is 1.90. The summed E-state index contributed by atoms with van der Waals surface area (Å²) in [7, 11) is 0. The van der Waals surface area contributed by atoms with Gasteiger partial charge in [-0.3, -0.25) is 0 Å². The quantitative estimate of drug-likeness (QED) is 0.577. The third kappa shape index (κ3) is 2.06. The van der Waals surface area contributed by atoms with Crippen molar-refractivity contribution in [1.29, 1.82) is 0 Å². The standard InChI is InChI=1S/C6H6INS/c7-5-1-3-6(8-9)4-2-5/h1-4,8-9H. The van der Waals surface area contributed by atoms with Crippen molar-refractivity contribution in [2.45, 2.75) is 0 Å². The minimum Gasteiger partial charge on any atom is -0.332 e. The van der Waals surface area contributed by atoms with Crippen LogP contribution in [-0.4, -0.2) is 0 Å². The summed E-state index contributed by atoms with van der Waals surface area (Å²) >= 11 is 6.15. The van der Waals surface area contributed by atoms with Crippen LogP contribution in [0.4, 0.5) is 5.69 Å². The van der Waals surface area contributed by atoms with Gasteiger partial charge in [0.05, 0.1) is 0 Å². The minimum absolute atomic E-state index is 1.03. The molecular weight excluding hydrogens is 245 g/mol. The lowest BCUT2D eigenvalue weighted by molar-refractivity contribution is 1.64. The van der Waals surface area contributed by atoms with Gasteiger partial charge in [-0.25, -0.2) is 0 Å². The number of thiol groups is 1. The molecule has 0 fully saturated rings. The molecule has 1 N–H and O–H groups in total. The summed E-state index contributed by atoms with van der Waals surface area (Å²) in [6.07, 6.45) is 0. The first-order valence-electron chi connectivity index (χ1n) is 2.48. The number of rotatable bonds is 1. The normalized spacial score (nSPS) is 9.11. The largest absolute Gasteiger partial charge is 0.332 e. The van der Waals surface area contributed by atoms with E-state index in [9.17, 15) is 0 Å². The molecule has 0 atom stereocenters. The number of benzene rings is 1. The zero-order valence-electron chi connectivity index (χ0n) is 4.63. The van der Waals surface area contributed by atoms with Crippen molar-refractivity contribution in [2.24, 2.45) is 0 Å². The van der Waals surface area contributed by atoms with E-state index in [1.165, 1.54) is 3.57 Å². The van der Waals surface area contributed by atoms with Gasteiger partial charge in [0, 0.05) is 9.26 Å². The van der Waals surface area contributed by atoms with Crippen LogP contribution in [0.2, 0.25) is 0 Å². The monoisotopic (exact) mass is 251 g/mol. The van der Waals surface area contributed by atoms with Gasteiger partial charge in [-0.1, -0.05) is 12.8 Å². The molecule has 1 rings (SSSR count). The lowest BCUT2D eigenvalue weighted by Crippen LogP contribution is -1.78. The van der Waals surface area contributed by atoms with E-state index in [0.29, 0.717) is 0 Å². The van der Waals surface area contributed by atoms with Crippen LogP contribution in [0, 0.1) is 3.57 Å². The van der Waals surface area contributed by atoms with E-state index in [1.807, 2.05) is 24.3 Å². The van der Waals surface area contributed by atoms with E-state index in [1.54, 1.807) is 0 Å². The summed E-state index contributed by atoms with van der Waals surface area (Å²) in [5.41, 5.74) is 1.03. The first kappa shape index (κ1) is 7.21. The van der Waals surface area contributed by atoms with Gasteiger partial charge in [0.2, 0.25) is 0 Å². The topological polar surface area (TPSA) is 12.0 Å².